The van der Waals surface area contributed by atoms with Crippen LogP contribution in [0.25, 0.3) is 0 Å². The van der Waals surface area contributed by atoms with Gasteiger partial charge in [-0.25, -0.2) is 0 Å². The van der Waals surface area contributed by atoms with E-state index in [2.05, 4.69) is 53.6 Å². The lowest BCUT2D eigenvalue weighted by molar-refractivity contribution is -0.168. The van der Waals surface area contributed by atoms with Crippen LogP contribution in [0.5, 0.6) is 11.5 Å². The number of phenolic OH excluding ortho intramolecular Hbond substituents is 1. The number of hydrogen-bond acceptors (Lipinski definition) is 11. The van der Waals surface area contributed by atoms with E-state index in [1.54, 1.807) is 0 Å². The summed E-state index contributed by atoms with van der Waals surface area (Å²) in [7, 11) is 4.02. The number of aliphatic hydroxyl groups excluding tert-OH is 1. The van der Waals surface area contributed by atoms with Crippen molar-refractivity contribution in [2.45, 2.75) is 208 Å². The van der Waals surface area contributed by atoms with Crippen LogP contribution in [0.4, 0.5) is 0 Å². The fraction of sp³-hybridized carbons (Fsp3) is 0.712. The Morgan fingerprint density at radius 2 is 1.83 bits per heavy atom. The van der Waals surface area contributed by atoms with Crippen molar-refractivity contribution in [3.05, 3.63) is 58.7 Å². The predicted molar refractivity (Wildman–Crippen MR) is 282 cm³/mol. The monoisotopic (exact) mass is 1000 g/mol. The highest BCUT2D eigenvalue weighted by atomic mass is 33.1. The maximum absolute atomic E-state index is 15.2. The van der Waals surface area contributed by atoms with E-state index in [4.69, 9.17) is 20.2 Å². The summed E-state index contributed by atoms with van der Waals surface area (Å²) >= 11 is 0. The van der Waals surface area contributed by atoms with Gasteiger partial charge in [0, 0.05) is 67.0 Å². The second-order valence-electron chi connectivity index (χ2n) is 24.7. The summed E-state index contributed by atoms with van der Waals surface area (Å²) in [6, 6.07) is 13.0. The van der Waals surface area contributed by atoms with Gasteiger partial charge in [-0.3, -0.25) is 14.6 Å². The van der Waals surface area contributed by atoms with Gasteiger partial charge < -0.3 is 35.6 Å². The first-order chi connectivity index (χ1) is 34.4. The second kappa shape index (κ2) is 18.7. The minimum atomic E-state index is -0.781. The highest BCUT2D eigenvalue weighted by molar-refractivity contribution is 8.77. The third-order valence-electron chi connectivity index (χ3n) is 21.0. The summed E-state index contributed by atoms with van der Waals surface area (Å²) in [6.07, 6.45) is 23.1. The van der Waals surface area contributed by atoms with Crippen LogP contribution in [0.1, 0.15) is 195 Å². The number of fused-ring (bicyclic) bond motifs is 11. The Bertz CT molecular complexity index is 2500. The molecule has 10 nitrogen and oxygen atoms in total. The quantitative estimate of drug-likeness (QED) is 0.130. The summed E-state index contributed by atoms with van der Waals surface area (Å²) in [6.45, 7) is 2.69. The van der Waals surface area contributed by atoms with E-state index in [-0.39, 0.29) is 57.8 Å². The third-order valence-corrected chi connectivity index (χ3v) is 24.3. The first-order valence-electron chi connectivity index (χ1n) is 28.0. The molecule has 5 spiro atoms. The van der Waals surface area contributed by atoms with E-state index in [0.29, 0.717) is 67.9 Å². The Kier molecular flexibility index (Phi) is 12.7. The van der Waals surface area contributed by atoms with Crippen molar-refractivity contribution in [2.75, 3.05) is 18.8 Å². The number of hydrogen-bond donors (Lipinski definition) is 4. The van der Waals surface area contributed by atoms with Crippen molar-refractivity contribution in [1.29, 1.82) is 0 Å². The average Bonchev–Trinajstić information content (AvgIpc) is 4.14. The second-order valence-corrected chi connectivity index (χ2v) is 27.4. The van der Waals surface area contributed by atoms with Crippen molar-refractivity contribution < 1.29 is 29.3 Å². The summed E-state index contributed by atoms with van der Waals surface area (Å²) < 4.78 is 13.6. The molecular weight excluding hydrogens is 925 g/mol. The highest BCUT2D eigenvalue weighted by Crippen LogP contribution is 2.67. The number of aromatic hydroxyl groups is 1. The molecule has 12 bridgehead atoms. The lowest BCUT2D eigenvalue weighted by Crippen LogP contribution is -2.56. The number of benzene rings is 2. The summed E-state index contributed by atoms with van der Waals surface area (Å²) in [4.78, 5) is 35.3. The van der Waals surface area contributed by atoms with E-state index >= 15 is 4.79 Å². The van der Waals surface area contributed by atoms with Crippen molar-refractivity contribution in [3.63, 3.8) is 0 Å². The molecule has 0 radical (unpaired) electrons. The fourth-order valence-corrected chi connectivity index (χ4v) is 21.0. The van der Waals surface area contributed by atoms with Gasteiger partial charge in [0.25, 0.3) is 0 Å². The molecule has 12 heteroatoms. The summed E-state index contributed by atoms with van der Waals surface area (Å²) in [5, 5.41) is 28.6. The number of amides is 1. The maximum atomic E-state index is 15.2. The van der Waals surface area contributed by atoms with Gasteiger partial charge in [-0.05, 0) is 175 Å². The molecule has 1 saturated heterocycles. The first-order valence-corrected chi connectivity index (χ1v) is 30.3. The molecular formula is C59H78N4O6S2. The molecule has 6 aliphatic heterocycles. The molecule has 5 N–H and O–H groups in total. The highest BCUT2D eigenvalue weighted by Gasteiger charge is 2.65. The van der Waals surface area contributed by atoms with Crippen LogP contribution in [-0.4, -0.2) is 74.0 Å². The van der Waals surface area contributed by atoms with Crippen molar-refractivity contribution in [2.24, 2.45) is 44.7 Å². The molecule has 0 aromatic heterocycles. The van der Waals surface area contributed by atoms with Gasteiger partial charge in [0.2, 0.25) is 5.91 Å². The zero-order chi connectivity index (χ0) is 48.6. The van der Waals surface area contributed by atoms with E-state index < -0.39 is 22.5 Å². The number of carbonyl (C=O) groups excluding carboxylic acids is 2. The summed E-state index contributed by atoms with van der Waals surface area (Å²) in [5.74, 6) is 11.5. The molecule has 12 aliphatic rings. The SMILES string of the molecule is CC(=O)O[C@@]12CCc3cc(c(O)c4c3[C@H]3CC[C@@]5(CCC[C@H]5C3)O4)CN3C[C@]4(CC3=O)[C@@H](c3ccccc3)CC[C@]43C#CC[C@H]4CC[C@]5(CCC[C@@]5(NC(N)=NC3)SSCCCCC[C@H](CC1)[C@H](O)C2)C4. The Morgan fingerprint density at radius 1 is 0.944 bits per heavy atom. The van der Waals surface area contributed by atoms with Gasteiger partial charge in [0.05, 0.1) is 18.1 Å². The van der Waals surface area contributed by atoms with E-state index in [1.807, 2.05) is 26.5 Å². The number of guanidine groups is 1. The number of phenols is 1. The number of aliphatic hydroxyl groups is 1. The Morgan fingerprint density at radius 3 is 2.69 bits per heavy atom. The molecule has 6 saturated carbocycles. The molecule has 382 valence electrons. The van der Waals surface area contributed by atoms with Crippen LogP contribution in [0, 0.1) is 45.8 Å². The molecule has 71 heavy (non-hydrogen) atoms. The number of esters is 1. The number of nitrogens with two attached hydrogens (primary N) is 1. The molecule has 2 aromatic carbocycles. The number of nitrogens with zero attached hydrogens (tertiary/aromatic N) is 2. The van der Waals surface area contributed by atoms with Gasteiger partial charge in [-0.15, -0.1) is 5.92 Å². The molecule has 7 fully saturated rings. The Labute approximate surface area is 430 Å². The van der Waals surface area contributed by atoms with Crippen LogP contribution in [0.3, 0.4) is 0 Å². The normalized spacial score (nSPS) is 41.0. The van der Waals surface area contributed by atoms with Crippen molar-refractivity contribution >= 4 is 39.4 Å². The number of nitrogens with one attached hydrogen (secondary N) is 1. The first kappa shape index (κ1) is 48.4. The van der Waals surface area contributed by atoms with Gasteiger partial charge in [0.15, 0.2) is 17.5 Å². The molecule has 1 amide bonds. The van der Waals surface area contributed by atoms with E-state index in [9.17, 15) is 15.0 Å². The zero-order valence-corrected chi connectivity index (χ0v) is 43.9. The minimum Gasteiger partial charge on any atom is -0.504 e. The van der Waals surface area contributed by atoms with Crippen molar-refractivity contribution in [1.82, 2.24) is 10.2 Å². The third kappa shape index (κ3) is 8.30. The van der Waals surface area contributed by atoms with Gasteiger partial charge in [0.1, 0.15) is 16.1 Å². The van der Waals surface area contributed by atoms with Crippen LogP contribution in [0.15, 0.2) is 41.4 Å². The molecule has 6 aliphatic carbocycles. The average molecular weight is 1000 g/mol. The van der Waals surface area contributed by atoms with E-state index in [1.165, 1.54) is 38.2 Å². The molecule has 6 heterocycles. The number of aryl methyl sites for hydroxylation is 1. The lowest BCUT2D eigenvalue weighted by Gasteiger charge is -2.45. The largest absolute Gasteiger partial charge is 0.504 e. The number of aliphatic imine (C=N–C) groups is 1. The van der Waals surface area contributed by atoms with Gasteiger partial charge in [-0.1, -0.05) is 70.7 Å². The van der Waals surface area contributed by atoms with Crippen LogP contribution < -0.4 is 15.8 Å². The lowest BCUT2D eigenvalue weighted by atomic mass is 9.60. The number of ether oxygens (including phenoxy) is 2. The van der Waals surface area contributed by atoms with Gasteiger partial charge >= 0.3 is 5.97 Å². The van der Waals surface area contributed by atoms with Crippen LogP contribution >= 0.6 is 21.6 Å². The van der Waals surface area contributed by atoms with Crippen LogP contribution in [0.2, 0.25) is 0 Å². The smallest absolute Gasteiger partial charge is 0.303 e. The van der Waals surface area contributed by atoms with Crippen molar-refractivity contribution in [3.8, 4) is 23.3 Å². The standard InChI is InChI=1S/C59H78N4O6S2/c1-39(64)68-56-27-17-42(48(65)34-56)14-6-3-7-30-70-71-59-24-10-22-54(59)25-16-40(33-54)11-8-21-55(37-61-53(60)62-59)26-20-47(41-12-4-2-5-13-41)57(55)35-49(66)63(38-57)36-45-31-43(18-28-56)50-44-19-29-58(69-52(50)51(45)67)23-9-15-46(58)32-44/h2,4-5,12-13,31,40,42,44,46-48,65,67H,3,6-7,9-11,14-20,22-30,32-38H2,1H3,(H3,60,61,62)/t40-,42+,44-,46-,47+,48+,54+,55-,56+,57+,58+,59+/m0/s1. The van der Waals surface area contributed by atoms with E-state index in [0.717, 1.165) is 126 Å². The molecule has 0 unspecified atom stereocenters. The Hall–Kier alpha value is -3.53. The fourth-order valence-electron chi connectivity index (χ4n) is 17.5. The molecule has 2 aromatic rings. The minimum absolute atomic E-state index is 0.0809. The predicted octanol–water partition coefficient (Wildman–Crippen LogP) is 11.2. The van der Waals surface area contributed by atoms with Crippen LogP contribution in [-0.2, 0) is 27.3 Å². The zero-order valence-electron chi connectivity index (χ0n) is 42.2. The molecule has 12 atom stereocenters. The van der Waals surface area contributed by atoms with Gasteiger partial charge in [-0.2, -0.15) is 0 Å². The maximum Gasteiger partial charge on any atom is 0.303 e. The number of rotatable bonds is 2. The topological polar surface area (TPSA) is 147 Å². The Balaban J connectivity index is 0.962. The molecule has 14 rings (SSSR count). The summed E-state index contributed by atoms with van der Waals surface area (Å²) in [5.41, 5.74) is 9.32. The number of carbonyl (C=O) groups is 2.